The molecule has 0 radical (unpaired) electrons. The van der Waals surface area contributed by atoms with Gasteiger partial charge in [0.25, 0.3) is 11.8 Å². The Balaban J connectivity index is 1.68. The summed E-state index contributed by atoms with van der Waals surface area (Å²) in [6, 6.07) is 17.6. The highest BCUT2D eigenvalue weighted by molar-refractivity contribution is 6.06. The highest BCUT2D eigenvalue weighted by Crippen LogP contribution is 2.17. The minimum absolute atomic E-state index is 0.239. The average molecular weight is 352 g/mol. The van der Waals surface area contributed by atoms with Crippen molar-refractivity contribution in [2.45, 2.75) is 0 Å². The summed E-state index contributed by atoms with van der Waals surface area (Å²) in [6.45, 7) is 0. The van der Waals surface area contributed by atoms with Crippen molar-refractivity contribution in [1.82, 2.24) is 0 Å². The Labute approximate surface area is 148 Å². The van der Waals surface area contributed by atoms with Gasteiger partial charge in [-0.05, 0) is 48.5 Å². The van der Waals surface area contributed by atoms with Crippen LogP contribution in [0.3, 0.4) is 0 Å². The summed E-state index contributed by atoms with van der Waals surface area (Å²) in [7, 11) is 0. The molecule has 0 aliphatic carbocycles. The van der Waals surface area contributed by atoms with Crippen LogP contribution in [0.25, 0.3) is 0 Å². The number of halogens is 2. The van der Waals surface area contributed by atoms with Crippen molar-refractivity contribution in [3.63, 3.8) is 0 Å². The number of anilines is 2. The van der Waals surface area contributed by atoms with E-state index in [-0.39, 0.29) is 17.2 Å². The maximum absolute atomic E-state index is 13.6. The van der Waals surface area contributed by atoms with Crippen molar-refractivity contribution >= 4 is 23.2 Å². The molecule has 0 saturated heterocycles. The molecule has 3 aromatic rings. The summed E-state index contributed by atoms with van der Waals surface area (Å²) >= 11 is 0. The maximum atomic E-state index is 13.6. The van der Waals surface area contributed by atoms with Crippen LogP contribution < -0.4 is 10.6 Å². The molecular formula is C20H14F2N2O2. The quantitative estimate of drug-likeness (QED) is 0.728. The number of hydrogen-bond donors (Lipinski definition) is 2. The second-order valence-electron chi connectivity index (χ2n) is 5.48. The van der Waals surface area contributed by atoms with Crippen LogP contribution in [0, 0.1) is 11.6 Å². The van der Waals surface area contributed by atoms with Gasteiger partial charge in [-0.3, -0.25) is 9.59 Å². The van der Waals surface area contributed by atoms with Gasteiger partial charge in [0, 0.05) is 22.9 Å². The van der Waals surface area contributed by atoms with Crippen molar-refractivity contribution in [3.8, 4) is 0 Å². The minimum Gasteiger partial charge on any atom is -0.322 e. The first-order valence-corrected chi connectivity index (χ1v) is 7.76. The van der Waals surface area contributed by atoms with Gasteiger partial charge in [-0.2, -0.15) is 0 Å². The molecule has 0 atom stereocenters. The van der Waals surface area contributed by atoms with Crippen LogP contribution in [-0.4, -0.2) is 11.8 Å². The fourth-order valence-electron chi connectivity index (χ4n) is 2.29. The molecule has 0 bridgehead atoms. The first-order chi connectivity index (χ1) is 12.5. The molecule has 2 amide bonds. The number of carbonyl (C=O) groups excluding carboxylic acids is 2. The van der Waals surface area contributed by atoms with E-state index in [1.165, 1.54) is 12.1 Å². The summed E-state index contributed by atoms with van der Waals surface area (Å²) in [4.78, 5) is 24.2. The molecule has 26 heavy (non-hydrogen) atoms. The standard InChI is InChI=1S/C20H14F2N2O2/c21-15-8-11-17(22)18(12-15)24-20(26)14-6-9-16(10-7-14)23-19(25)13-4-2-1-3-5-13/h1-12H,(H,23,25)(H,24,26). The van der Waals surface area contributed by atoms with Crippen LogP contribution in [0.15, 0.2) is 72.8 Å². The van der Waals surface area contributed by atoms with Gasteiger partial charge < -0.3 is 10.6 Å². The maximum Gasteiger partial charge on any atom is 0.255 e. The Hall–Kier alpha value is -3.54. The molecule has 0 spiro atoms. The van der Waals surface area contributed by atoms with Crippen LogP contribution >= 0.6 is 0 Å². The van der Waals surface area contributed by atoms with E-state index in [0.29, 0.717) is 11.3 Å². The SMILES string of the molecule is O=C(Nc1ccc(C(=O)Nc2cc(F)ccc2F)cc1)c1ccccc1. The molecule has 3 aromatic carbocycles. The normalized spacial score (nSPS) is 10.2. The first kappa shape index (κ1) is 17.3. The third kappa shape index (κ3) is 4.10. The Morgan fingerprint density at radius 1 is 0.692 bits per heavy atom. The smallest absolute Gasteiger partial charge is 0.255 e. The number of carbonyl (C=O) groups is 2. The molecule has 0 heterocycles. The molecule has 0 saturated carbocycles. The molecule has 4 nitrogen and oxygen atoms in total. The summed E-state index contributed by atoms with van der Waals surface area (Å²) in [5.41, 5.74) is 1.02. The van der Waals surface area contributed by atoms with E-state index in [4.69, 9.17) is 0 Å². The molecule has 0 aliphatic rings. The molecular weight excluding hydrogens is 338 g/mol. The number of benzene rings is 3. The van der Waals surface area contributed by atoms with Gasteiger partial charge in [-0.15, -0.1) is 0 Å². The van der Waals surface area contributed by atoms with Gasteiger partial charge in [0.2, 0.25) is 0 Å². The fraction of sp³-hybridized carbons (Fsp3) is 0. The predicted octanol–water partition coefficient (Wildman–Crippen LogP) is 4.47. The minimum atomic E-state index is -0.730. The van der Waals surface area contributed by atoms with E-state index in [0.717, 1.165) is 18.2 Å². The van der Waals surface area contributed by atoms with Crippen molar-refractivity contribution in [2.75, 3.05) is 10.6 Å². The second-order valence-corrected chi connectivity index (χ2v) is 5.48. The number of rotatable bonds is 4. The molecule has 130 valence electrons. The molecule has 2 N–H and O–H groups in total. The third-order valence-electron chi connectivity index (χ3n) is 3.62. The van der Waals surface area contributed by atoms with E-state index in [1.807, 2.05) is 6.07 Å². The number of nitrogens with one attached hydrogen (secondary N) is 2. The summed E-state index contributed by atoms with van der Waals surface area (Å²) < 4.78 is 26.7. The second kappa shape index (κ2) is 7.57. The topological polar surface area (TPSA) is 58.2 Å². The van der Waals surface area contributed by atoms with Gasteiger partial charge in [0.15, 0.2) is 0 Å². The average Bonchev–Trinajstić information content (AvgIpc) is 2.66. The van der Waals surface area contributed by atoms with Crippen LogP contribution in [0.4, 0.5) is 20.2 Å². The molecule has 0 fully saturated rings. The first-order valence-electron chi connectivity index (χ1n) is 7.76. The lowest BCUT2D eigenvalue weighted by molar-refractivity contribution is 0.101. The zero-order chi connectivity index (χ0) is 18.5. The Morgan fingerprint density at radius 2 is 1.31 bits per heavy atom. The van der Waals surface area contributed by atoms with Crippen molar-refractivity contribution in [1.29, 1.82) is 0 Å². The van der Waals surface area contributed by atoms with Gasteiger partial charge in [-0.25, -0.2) is 8.78 Å². The van der Waals surface area contributed by atoms with Crippen LogP contribution in [0.1, 0.15) is 20.7 Å². The van der Waals surface area contributed by atoms with Crippen LogP contribution in [0.2, 0.25) is 0 Å². The highest BCUT2D eigenvalue weighted by atomic mass is 19.1. The lowest BCUT2D eigenvalue weighted by Crippen LogP contribution is -2.14. The highest BCUT2D eigenvalue weighted by Gasteiger charge is 2.11. The molecule has 3 rings (SSSR count). The Morgan fingerprint density at radius 3 is 2.00 bits per heavy atom. The van der Waals surface area contributed by atoms with Crippen molar-refractivity contribution in [2.24, 2.45) is 0 Å². The van der Waals surface area contributed by atoms with Gasteiger partial charge in [-0.1, -0.05) is 18.2 Å². The summed E-state index contributed by atoms with van der Waals surface area (Å²) in [6.07, 6.45) is 0. The van der Waals surface area contributed by atoms with Crippen LogP contribution in [0.5, 0.6) is 0 Å². The summed E-state index contributed by atoms with van der Waals surface area (Å²) in [5.74, 6) is -2.24. The van der Waals surface area contributed by atoms with E-state index in [1.54, 1.807) is 36.4 Å². The van der Waals surface area contributed by atoms with Crippen LogP contribution in [-0.2, 0) is 0 Å². The van der Waals surface area contributed by atoms with Crippen molar-refractivity contribution < 1.29 is 18.4 Å². The van der Waals surface area contributed by atoms with E-state index >= 15 is 0 Å². The number of amides is 2. The zero-order valence-electron chi connectivity index (χ0n) is 13.5. The van der Waals surface area contributed by atoms with Gasteiger partial charge in [0.05, 0.1) is 5.69 Å². The van der Waals surface area contributed by atoms with Crippen molar-refractivity contribution in [3.05, 3.63) is 95.6 Å². The summed E-state index contributed by atoms with van der Waals surface area (Å²) in [5, 5.41) is 5.02. The Kier molecular flexibility index (Phi) is 5.03. The Bertz CT molecular complexity index is 942. The molecule has 0 aromatic heterocycles. The lowest BCUT2D eigenvalue weighted by Gasteiger charge is -2.08. The molecule has 0 aliphatic heterocycles. The number of hydrogen-bond acceptors (Lipinski definition) is 2. The zero-order valence-corrected chi connectivity index (χ0v) is 13.5. The van der Waals surface area contributed by atoms with Gasteiger partial charge in [0.1, 0.15) is 11.6 Å². The third-order valence-corrected chi connectivity index (χ3v) is 3.62. The van der Waals surface area contributed by atoms with E-state index < -0.39 is 17.5 Å². The lowest BCUT2D eigenvalue weighted by atomic mass is 10.1. The molecule has 0 unspecified atom stereocenters. The van der Waals surface area contributed by atoms with Gasteiger partial charge >= 0.3 is 0 Å². The monoisotopic (exact) mass is 352 g/mol. The van der Waals surface area contributed by atoms with E-state index in [9.17, 15) is 18.4 Å². The fourth-order valence-corrected chi connectivity index (χ4v) is 2.29. The van der Waals surface area contributed by atoms with E-state index in [2.05, 4.69) is 10.6 Å². The largest absolute Gasteiger partial charge is 0.322 e. The predicted molar refractivity (Wildman–Crippen MR) is 95.1 cm³/mol. The molecule has 6 heteroatoms.